The van der Waals surface area contributed by atoms with E-state index >= 15 is 0 Å². The summed E-state index contributed by atoms with van der Waals surface area (Å²) in [5.41, 5.74) is 2.54. The molecule has 104 valence electrons. The van der Waals surface area contributed by atoms with Crippen molar-refractivity contribution in [2.45, 2.75) is 0 Å². The molecule has 0 spiro atoms. The summed E-state index contributed by atoms with van der Waals surface area (Å²) in [4.78, 5) is 21.2. The van der Waals surface area contributed by atoms with Crippen LogP contribution in [0, 0.1) is 22.5 Å². The van der Waals surface area contributed by atoms with Crippen molar-refractivity contribution in [3.8, 4) is 23.5 Å². The average Bonchev–Trinajstić information content (AvgIpc) is 2.49. The van der Waals surface area contributed by atoms with Crippen LogP contribution in [0.3, 0.4) is 0 Å². The average molecular weight is 281 g/mol. The van der Waals surface area contributed by atoms with Gasteiger partial charge in [-0.15, -0.1) is 6.42 Å². The zero-order valence-corrected chi connectivity index (χ0v) is 11.2. The second-order valence-corrected chi connectivity index (χ2v) is 4.17. The topological polar surface area (TPSA) is 69.4 Å². The van der Waals surface area contributed by atoms with Gasteiger partial charge in [-0.2, -0.15) is 0 Å². The van der Waals surface area contributed by atoms with Gasteiger partial charge in [0.15, 0.2) is 0 Å². The van der Waals surface area contributed by atoms with Crippen LogP contribution in [0.1, 0.15) is 15.9 Å². The fourth-order valence-corrected chi connectivity index (χ4v) is 1.79. The second-order valence-electron chi connectivity index (χ2n) is 4.17. The first-order valence-corrected chi connectivity index (χ1v) is 6.01. The van der Waals surface area contributed by atoms with Crippen LogP contribution < -0.4 is 0 Å². The SMILES string of the molecule is C#Cc1c(C(=O)OC)cccc1[N+](=O)[O-].c1cc2ccc1-2. The van der Waals surface area contributed by atoms with Crippen molar-refractivity contribution >= 4 is 11.7 Å². The first-order chi connectivity index (χ1) is 10.1. The monoisotopic (exact) mass is 281 g/mol. The molecule has 0 aromatic heterocycles. The lowest BCUT2D eigenvalue weighted by atomic mass is 9.95. The fraction of sp³-hybridized carbons (Fsp3) is 0.0625. The van der Waals surface area contributed by atoms with Crippen molar-refractivity contribution in [3.05, 3.63) is 63.7 Å². The third-order valence-electron chi connectivity index (χ3n) is 3.01. The predicted octanol–water partition coefficient (Wildman–Crippen LogP) is 3.03. The highest BCUT2D eigenvalue weighted by Gasteiger charge is 2.20. The van der Waals surface area contributed by atoms with Crippen LogP contribution in [0.4, 0.5) is 5.69 Å². The van der Waals surface area contributed by atoms with E-state index in [0.29, 0.717) is 0 Å². The Bertz CT molecular complexity index is 721. The Kier molecular flexibility index (Phi) is 4.00. The molecular weight excluding hydrogens is 270 g/mol. The van der Waals surface area contributed by atoms with Crippen molar-refractivity contribution < 1.29 is 14.5 Å². The van der Waals surface area contributed by atoms with Gasteiger partial charge in [0.2, 0.25) is 0 Å². The molecule has 0 amide bonds. The number of benzene rings is 2. The van der Waals surface area contributed by atoms with Crippen molar-refractivity contribution in [1.29, 1.82) is 0 Å². The molecule has 0 radical (unpaired) electrons. The van der Waals surface area contributed by atoms with Gasteiger partial charge < -0.3 is 4.74 Å². The summed E-state index contributed by atoms with van der Waals surface area (Å²) in [6.07, 6.45) is 5.12. The van der Waals surface area contributed by atoms with Crippen LogP contribution in [-0.2, 0) is 4.74 Å². The molecule has 2 aliphatic carbocycles. The van der Waals surface area contributed by atoms with Crippen LogP contribution in [0.2, 0.25) is 0 Å². The maximum atomic E-state index is 11.2. The smallest absolute Gasteiger partial charge is 0.339 e. The molecule has 2 aliphatic rings. The number of esters is 1. The van der Waals surface area contributed by atoms with Crippen LogP contribution >= 0.6 is 0 Å². The highest BCUT2D eigenvalue weighted by atomic mass is 16.6. The number of nitrogens with zero attached hydrogens (tertiary/aromatic N) is 1. The molecule has 0 fully saturated rings. The first-order valence-electron chi connectivity index (χ1n) is 6.01. The lowest BCUT2D eigenvalue weighted by Gasteiger charge is -2.10. The molecule has 0 saturated carbocycles. The number of terminal acetylenes is 1. The van der Waals surface area contributed by atoms with Gasteiger partial charge in [0.1, 0.15) is 5.56 Å². The number of hydrogen-bond donors (Lipinski definition) is 0. The lowest BCUT2D eigenvalue weighted by Crippen LogP contribution is -2.06. The summed E-state index contributed by atoms with van der Waals surface area (Å²) in [5.74, 6) is 1.43. The number of fused-ring (bicyclic) bond motifs is 1. The van der Waals surface area contributed by atoms with Gasteiger partial charge in [0.25, 0.3) is 5.69 Å². The molecule has 1 aromatic rings. The quantitative estimate of drug-likeness (QED) is 0.313. The summed E-state index contributed by atoms with van der Waals surface area (Å²) in [5, 5.41) is 10.6. The number of nitro groups is 1. The summed E-state index contributed by atoms with van der Waals surface area (Å²) in [6.45, 7) is 0. The zero-order valence-electron chi connectivity index (χ0n) is 11.2. The van der Waals surface area contributed by atoms with Gasteiger partial charge in [0, 0.05) is 6.07 Å². The highest BCUT2D eigenvalue weighted by molar-refractivity contribution is 5.93. The Labute approximate surface area is 121 Å². The first kappa shape index (κ1) is 14.3. The molecule has 5 heteroatoms. The number of methoxy groups -OCH3 is 1. The Morgan fingerprint density at radius 3 is 2.10 bits per heavy atom. The van der Waals surface area contributed by atoms with E-state index in [4.69, 9.17) is 6.42 Å². The number of rotatable bonds is 2. The number of carbonyl (C=O) groups is 1. The Morgan fingerprint density at radius 2 is 1.76 bits per heavy atom. The Hall–Kier alpha value is -3.13. The zero-order chi connectivity index (χ0) is 15.4. The predicted molar refractivity (Wildman–Crippen MR) is 77.8 cm³/mol. The lowest BCUT2D eigenvalue weighted by molar-refractivity contribution is -0.385. The van der Waals surface area contributed by atoms with Crippen LogP contribution in [0.25, 0.3) is 11.1 Å². The summed E-state index contributed by atoms with van der Waals surface area (Å²) in [6, 6.07) is 12.5. The minimum atomic E-state index is -0.688. The van der Waals surface area contributed by atoms with E-state index in [-0.39, 0.29) is 16.8 Å². The largest absolute Gasteiger partial charge is 0.465 e. The normalized spacial score (nSPS) is 9.71. The van der Waals surface area contributed by atoms with Gasteiger partial charge in [-0.1, -0.05) is 36.3 Å². The molecule has 0 unspecified atom stereocenters. The number of carbonyl (C=O) groups excluding carboxylic acids is 1. The third-order valence-corrected chi connectivity index (χ3v) is 3.01. The molecule has 0 atom stereocenters. The van der Waals surface area contributed by atoms with Gasteiger partial charge in [-0.05, 0) is 17.2 Å². The van der Waals surface area contributed by atoms with Crippen molar-refractivity contribution in [2.75, 3.05) is 7.11 Å². The van der Waals surface area contributed by atoms with E-state index in [9.17, 15) is 14.9 Å². The van der Waals surface area contributed by atoms with Gasteiger partial charge >= 0.3 is 5.97 Å². The maximum Gasteiger partial charge on any atom is 0.339 e. The standard InChI is InChI=1S/C10H7NO4.C6H4/c1-3-7-8(10(12)15-2)5-4-6-9(7)11(13)14;1-2-6-4-3-5(1)6/h1,4-6H,2H3;1-4H. The van der Waals surface area contributed by atoms with E-state index < -0.39 is 10.9 Å². The number of hydrogen-bond acceptors (Lipinski definition) is 4. The minimum absolute atomic E-state index is 0.0224. The van der Waals surface area contributed by atoms with E-state index in [1.807, 2.05) is 0 Å². The van der Waals surface area contributed by atoms with Gasteiger partial charge in [-0.3, -0.25) is 10.1 Å². The molecule has 0 N–H and O–H groups in total. The summed E-state index contributed by atoms with van der Waals surface area (Å²) >= 11 is 0. The van der Waals surface area contributed by atoms with Crippen molar-refractivity contribution in [3.63, 3.8) is 0 Å². The molecule has 0 saturated heterocycles. The van der Waals surface area contributed by atoms with Crippen molar-refractivity contribution in [2.24, 2.45) is 0 Å². The number of ether oxygens (including phenoxy) is 1. The molecular formula is C16H11NO4. The van der Waals surface area contributed by atoms with Crippen LogP contribution in [0.15, 0.2) is 42.5 Å². The van der Waals surface area contributed by atoms with E-state index in [0.717, 1.165) is 0 Å². The Balaban J connectivity index is 0.000000218. The fourth-order valence-electron chi connectivity index (χ4n) is 1.79. The molecule has 0 aliphatic heterocycles. The van der Waals surface area contributed by atoms with Crippen LogP contribution in [0.5, 0.6) is 0 Å². The van der Waals surface area contributed by atoms with E-state index in [1.165, 1.54) is 36.4 Å². The molecule has 0 bridgehead atoms. The van der Waals surface area contributed by atoms with E-state index in [2.05, 4.69) is 34.9 Å². The molecule has 0 heterocycles. The van der Waals surface area contributed by atoms with Crippen molar-refractivity contribution in [1.82, 2.24) is 0 Å². The molecule has 5 nitrogen and oxygen atoms in total. The highest BCUT2D eigenvalue weighted by Crippen LogP contribution is 2.29. The summed E-state index contributed by atoms with van der Waals surface area (Å²) < 4.78 is 4.46. The maximum absolute atomic E-state index is 11.2. The van der Waals surface area contributed by atoms with Gasteiger partial charge in [-0.25, -0.2) is 4.79 Å². The Morgan fingerprint density at radius 1 is 1.19 bits per heavy atom. The second kappa shape index (κ2) is 5.88. The van der Waals surface area contributed by atoms with Crippen LogP contribution in [-0.4, -0.2) is 18.0 Å². The number of nitro benzene ring substituents is 1. The van der Waals surface area contributed by atoms with Gasteiger partial charge in [0.05, 0.1) is 17.6 Å². The molecule has 21 heavy (non-hydrogen) atoms. The molecule has 3 rings (SSSR count). The third kappa shape index (κ3) is 2.74. The van der Waals surface area contributed by atoms with E-state index in [1.54, 1.807) is 0 Å². The molecule has 1 aromatic carbocycles. The minimum Gasteiger partial charge on any atom is -0.465 e. The summed E-state index contributed by atoms with van der Waals surface area (Å²) in [7, 11) is 1.18.